The van der Waals surface area contributed by atoms with E-state index in [1.807, 2.05) is 0 Å². The fourth-order valence-corrected chi connectivity index (χ4v) is 7.24. The van der Waals surface area contributed by atoms with Gasteiger partial charge >= 0.3 is 8.80 Å². The van der Waals surface area contributed by atoms with Crippen molar-refractivity contribution in [2.75, 3.05) is 48.5 Å². The molecule has 0 atom stereocenters. The standard InChI is InChI=1S/C32H70NO3Si/c1-7-8-9-10-11-12-13-14-15-16-17-18-19-20-21-22-23-24-25-26-27-28-30-33(2,3)31-29-32-37(34-4,35-5)36-6/h7-32H2,1-6H3/q+1. The van der Waals surface area contributed by atoms with E-state index in [0.29, 0.717) is 0 Å². The highest BCUT2D eigenvalue weighted by Gasteiger charge is 2.37. The predicted molar refractivity (Wildman–Crippen MR) is 165 cm³/mol. The van der Waals surface area contributed by atoms with Gasteiger partial charge in [-0.05, 0) is 12.8 Å². The largest absolute Gasteiger partial charge is 0.500 e. The van der Waals surface area contributed by atoms with Crippen LogP contribution in [-0.4, -0.2) is 61.8 Å². The van der Waals surface area contributed by atoms with Crippen molar-refractivity contribution in [1.82, 2.24) is 0 Å². The van der Waals surface area contributed by atoms with Crippen molar-refractivity contribution < 1.29 is 17.8 Å². The van der Waals surface area contributed by atoms with Crippen molar-refractivity contribution in [3.05, 3.63) is 0 Å². The molecule has 0 spiro atoms. The van der Waals surface area contributed by atoms with Crippen LogP contribution in [0.1, 0.15) is 155 Å². The fraction of sp³-hybridized carbons (Fsp3) is 1.00. The molecule has 4 nitrogen and oxygen atoms in total. The zero-order valence-electron chi connectivity index (χ0n) is 26.6. The molecule has 0 saturated heterocycles. The van der Waals surface area contributed by atoms with Crippen LogP contribution in [0.5, 0.6) is 0 Å². The van der Waals surface area contributed by atoms with Crippen LogP contribution >= 0.6 is 0 Å². The Balaban J connectivity index is 3.35. The quantitative estimate of drug-likeness (QED) is 0.0511. The summed E-state index contributed by atoms with van der Waals surface area (Å²) in [4.78, 5) is 0. The van der Waals surface area contributed by atoms with E-state index in [4.69, 9.17) is 13.3 Å². The molecule has 0 aromatic carbocycles. The summed E-state index contributed by atoms with van der Waals surface area (Å²) < 4.78 is 17.7. The Labute approximate surface area is 235 Å². The molecule has 0 rings (SSSR count). The summed E-state index contributed by atoms with van der Waals surface area (Å²) in [5.74, 6) is 0. The van der Waals surface area contributed by atoms with Crippen LogP contribution in [0.4, 0.5) is 0 Å². The zero-order valence-corrected chi connectivity index (χ0v) is 27.6. The van der Waals surface area contributed by atoms with E-state index < -0.39 is 8.80 Å². The first-order valence-corrected chi connectivity index (χ1v) is 18.4. The summed E-state index contributed by atoms with van der Waals surface area (Å²) in [5.41, 5.74) is 0. The van der Waals surface area contributed by atoms with E-state index in [2.05, 4.69) is 21.0 Å². The Bertz CT molecular complexity index is 449. The van der Waals surface area contributed by atoms with Gasteiger partial charge in [-0.2, -0.15) is 0 Å². The normalized spacial score (nSPS) is 12.5. The molecule has 0 amide bonds. The Hall–Kier alpha value is 0.0569. The molecule has 0 N–H and O–H groups in total. The lowest BCUT2D eigenvalue weighted by Gasteiger charge is -2.31. The lowest BCUT2D eigenvalue weighted by Crippen LogP contribution is -2.45. The van der Waals surface area contributed by atoms with Crippen molar-refractivity contribution >= 4 is 8.80 Å². The fourth-order valence-electron chi connectivity index (χ4n) is 5.54. The van der Waals surface area contributed by atoms with Crippen molar-refractivity contribution in [1.29, 1.82) is 0 Å². The van der Waals surface area contributed by atoms with Crippen LogP contribution < -0.4 is 0 Å². The third-order valence-electron chi connectivity index (χ3n) is 8.30. The first-order chi connectivity index (χ1) is 17.9. The molecular formula is C32H70NO3Si+. The van der Waals surface area contributed by atoms with Crippen LogP contribution in [-0.2, 0) is 13.3 Å². The number of hydrogen-bond acceptors (Lipinski definition) is 3. The molecule has 0 radical (unpaired) electrons. The second-order valence-electron chi connectivity index (χ2n) is 12.2. The maximum absolute atomic E-state index is 5.55. The van der Waals surface area contributed by atoms with E-state index in [-0.39, 0.29) is 0 Å². The second-order valence-corrected chi connectivity index (χ2v) is 15.3. The SMILES string of the molecule is CCCCCCCCCCCCCCCCCCCCCCCC[N+](C)(C)CCC[Si](OC)(OC)OC. The van der Waals surface area contributed by atoms with Gasteiger partial charge in [-0.3, -0.25) is 0 Å². The van der Waals surface area contributed by atoms with Gasteiger partial charge < -0.3 is 17.8 Å². The Morgan fingerprint density at radius 3 is 0.973 bits per heavy atom. The van der Waals surface area contributed by atoms with Crippen molar-refractivity contribution in [2.45, 2.75) is 161 Å². The van der Waals surface area contributed by atoms with Crippen LogP contribution in [0.25, 0.3) is 0 Å². The highest BCUT2D eigenvalue weighted by atomic mass is 28.4. The molecule has 224 valence electrons. The molecule has 0 aliphatic heterocycles. The molecule has 0 bridgehead atoms. The minimum Gasteiger partial charge on any atom is -0.377 e. The smallest absolute Gasteiger partial charge is 0.377 e. The van der Waals surface area contributed by atoms with Gasteiger partial charge in [0.15, 0.2) is 0 Å². The number of unbranched alkanes of at least 4 members (excludes halogenated alkanes) is 21. The van der Waals surface area contributed by atoms with Crippen LogP contribution in [0.15, 0.2) is 0 Å². The van der Waals surface area contributed by atoms with Crippen LogP contribution in [0.3, 0.4) is 0 Å². The molecule has 0 unspecified atom stereocenters. The second kappa shape index (κ2) is 26.3. The van der Waals surface area contributed by atoms with Crippen LogP contribution in [0.2, 0.25) is 6.04 Å². The van der Waals surface area contributed by atoms with Gasteiger partial charge in [0, 0.05) is 33.8 Å². The number of nitrogens with zero attached hydrogens (tertiary/aromatic N) is 1. The lowest BCUT2D eigenvalue weighted by atomic mass is 10.0. The monoisotopic (exact) mass is 545 g/mol. The first-order valence-electron chi connectivity index (χ1n) is 16.4. The van der Waals surface area contributed by atoms with Crippen molar-refractivity contribution in [2.24, 2.45) is 0 Å². The average molecular weight is 545 g/mol. The van der Waals surface area contributed by atoms with E-state index in [0.717, 1.165) is 23.5 Å². The first kappa shape index (κ1) is 37.1. The Morgan fingerprint density at radius 1 is 0.405 bits per heavy atom. The van der Waals surface area contributed by atoms with Gasteiger partial charge in [-0.15, -0.1) is 0 Å². The molecule has 0 saturated carbocycles. The summed E-state index contributed by atoms with van der Waals surface area (Å²) in [5, 5.41) is 0. The average Bonchev–Trinajstić information content (AvgIpc) is 2.89. The summed E-state index contributed by atoms with van der Waals surface area (Å²) in [6.07, 6.45) is 32.9. The molecule has 0 aromatic heterocycles. The van der Waals surface area contributed by atoms with E-state index in [9.17, 15) is 0 Å². The maximum Gasteiger partial charge on any atom is 0.500 e. The topological polar surface area (TPSA) is 27.7 Å². The third-order valence-corrected chi connectivity index (χ3v) is 11.1. The van der Waals surface area contributed by atoms with Gasteiger partial charge in [-0.1, -0.05) is 135 Å². The van der Waals surface area contributed by atoms with Gasteiger partial charge in [-0.25, -0.2) is 0 Å². The summed E-state index contributed by atoms with van der Waals surface area (Å²) in [6.45, 7) is 4.72. The summed E-state index contributed by atoms with van der Waals surface area (Å²) in [7, 11) is 7.42. The molecule has 0 aliphatic rings. The van der Waals surface area contributed by atoms with Gasteiger partial charge in [0.05, 0.1) is 27.2 Å². The van der Waals surface area contributed by atoms with E-state index in [1.165, 1.54) is 148 Å². The Kier molecular flexibility index (Phi) is 26.3. The van der Waals surface area contributed by atoms with E-state index in [1.54, 1.807) is 21.3 Å². The minimum absolute atomic E-state index is 0.900. The van der Waals surface area contributed by atoms with Crippen LogP contribution in [0, 0.1) is 0 Å². The number of rotatable bonds is 30. The number of quaternary nitrogens is 1. The van der Waals surface area contributed by atoms with Crippen molar-refractivity contribution in [3.8, 4) is 0 Å². The van der Waals surface area contributed by atoms with E-state index >= 15 is 0 Å². The zero-order chi connectivity index (χ0) is 27.5. The molecule has 0 heterocycles. The van der Waals surface area contributed by atoms with Gasteiger partial charge in [0.1, 0.15) is 0 Å². The maximum atomic E-state index is 5.55. The Morgan fingerprint density at radius 2 is 0.676 bits per heavy atom. The number of hydrogen-bond donors (Lipinski definition) is 0. The van der Waals surface area contributed by atoms with Crippen molar-refractivity contribution in [3.63, 3.8) is 0 Å². The minimum atomic E-state index is -2.41. The molecule has 37 heavy (non-hydrogen) atoms. The molecule has 0 aliphatic carbocycles. The highest BCUT2D eigenvalue weighted by Crippen LogP contribution is 2.18. The molecule has 0 fully saturated rings. The van der Waals surface area contributed by atoms with Gasteiger partial charge in [0.2, 0.25) is 0 Å². The summed E-state index contributed by atoms with van der Waals surface area (Å²) in [6, 6.07) is 0.900. The molecular weight excluding hydrogens is 474 g/mol. The molecule has 5 heteroatoms. The molecule has 0 aromatic rings. The third kappa shape index (κ3) is 23.6. The lowest BCUT2D eigenvalue weighted by molar-refractivity contribution is -0.890. The summed E-state index contributed by atoms with van der Waals surface area (Å²) >= 11 is 0. The predicted octanol–water partition coefficient (Wildman–Crippen LogP) is 9.93. The highest BCUT2D eigenvalue weighted by molar-refractivity contribution is 6.60. The van der Waals surface area contributed by atoms with Gasteiger partial charge in [0.25, 0.3) is 0 Å².